The summed E-state index contributed by atoms with van der Waals surface area (Å²) < 4.78 is 5.75. The van der Waals surface area contributed by atoms with Gasteiger partial charge in [-0.15, -0.1) is 0 Å². The van der Waals surface area contributed by atoms with Crippen molar-refractivity contribution in [2.75, 3.05) is 16.8 Å². The van der Waals surface area contributed by atoms with Crippen molar-refractivity contribution in [1.82, 2.24) is 4.98 Å². The van der Waals surface area contributed by atoms with E-state index >= 15 is 0 Å². The van der Waals surface area contributed by atoms with Crippen LogP contribution < -0.4 is 10.2 Å². The fourth-order valence-corrected chi connectivity index (χ4v) is 3.45. The lowest BCUT2D eigenvalue weighted by molar-refractivity contribution is -0.117. The second kappa shape index (κ2) is 6.23. The van der Waals surface area contributed by atoms with E-state index in [2.05, 4.69) is 10.3 Å². The number of anilines is 2. The molecule has 1 N–H and O–H groups in total. The average Bonchev–Trinajstić information content (AvgIpc) is 3.31. The van der Waals surface area contributed by atoms with Gasteiger partial charge in [0.15, 0.2) is 11.5 Å². The molecular weight excluding hydrogens is 342 g/mol. The van der Waals surface area contributed by atoms with Gasteiger partial charge in [0.2, 0.25) is 5.91 Å². The fourth-order valence-electron chi connectivity index (χ4n) is 3.45. The number of nitrogens with one attached hydrogen (secondary N) is 1. The number of fused-ring (bicyclic) bond motifs is 1. The molecule has 1 aliphatic carbocycles. The lowest BCUT2D eigenvalue weighted by Crippen LogP contribution is -2.23. The molecule has 0 bridgehead atoms. The maximum Gasteiger partial charge on any atom is 0.255 e. The van der Waals surface area contributed by atoms with Crippen LogP contribution in [0.4, 0.5) is 11.4 Å². The van der Waals surface area contributed by atoms with Crippen LogP contribution in [0.2, 0.25) is 0 Å². The van der Waals surface area contributed by atoms with Crippen LogP contribution in [0.15, 0.2) is 46.9 Å². The van der Waals surface area contributed by atoms with Crippen LogP contribution in [0.25, 0.3) is 11.1 Å². The number of rotatable bonds is 4. The van der Waals surface area contributed by atoms with Crippen molar-refractivity contribution in [2.45, 2.75) is 31.6 Å². The van der Waals surface area contributed by atoms with Gasteiger partial charge < -0.3 is 14.6 Å². The van der Waals surface area contributed by atoms with Gasteiger partial charge in [0, 0.05) is 35.8 Å². The van der Waals surface area contributed by atoms with Crippen molar-refractivity contribution >= 4 is 34.3 Å². The van der Waals surface area contributed by atoms with E-state index < -0.39 is 0 Å². The third kappa shape index (κ3) is 3.07. The van der Waals surface area contributed by atoms with E-state index in [1.54, 1.807) is 17.0 Å². The molecule has 6 heteroatoms. The molecule has 1 aromatic heterocycles. The molecule has 2 fully saturated rings. The molecule has 6 nitrogen and oxygen atoms in total. The SMILES string of the molecule is O=C(Nc1ccc2oc(C3CC3)nc2c1)c1ccc(N2CCCC2=O)cc1. The van der Waals surface area contributed by atoms with Crippen molar-refractivity contribution in [1.29, 1.82) is 0 Å². The molecule has 1 saturated heterocycles. The standard InChI is InChI=1S/C21H19N3O3/c25-19-2-1-11-24(19)16-8-5-13(6-9-16)20(26)22-15-7-10-18-17(12-15)23-21(27-18)14-3-4-14/h5-10,12,14H,1-4,11H2,(H,22,26). The van der Waals surface area contributed by atoms with E-state index in [9.17, 15) is 9.59 Å². The molecule has 2 aromatic carbocycles. The summed E-state index contributed by atoms with van der Waals surface area (Å²) in [6.07, 6.45) is 3.74. The number of benzene rings is 2. The number of hydrogen-bond acceptors (Lipinski definition) is 4. The largest absolute Gasteiger partial charge is 0.440 e. The summed E-state index contributed by atoms with van der Waals surface area (Å²) in [4.78, 5) is 30.6. The quantitative estimate of drug-likeness (QED) is 0.760. The predicted molar refractivity (Wildman–Crippen MR) is 102 cm³/mol. The van der Waals surface area contributed by atoms with Crippen molar-refractivity contribution in [3.63, 3.8) is 0 Å². The monoisotopic (exact) mass is 361 g/mol. The van der Waals surface area contributed by atoms with Crippen LogP contribution in [0.1, 0.15) is 47.8 Å². The number of oxazole rings is 1. The van der Waals surface area contributed by atoms with Gasteiger partial charge in [-0.1, -0.05) is 0 Å². The van der Waals surface area contributed by atoms with Crippen LogP contribution in [-0.4, -0.2) is 23.3 Å². The maximum atomic E-state index is 12.5. The van der Waals surface area contributed by atoms with Crippen LogP contribution in [-0.2, 0) is 4.79 Å². The van der Waals surface area contributed by atoms with Crippen LogP contribution in [0.5, 0.6) is 0 Å². The summed E-state index contributed by atoms with van der Waals surface area (Å²) in [6.45, 7) is 0.741. The molecule has 1 saturated carbocycles. The number of nitrogens with zero attached hydrogens (tertiary/aromatic N) is 2. The molecule has 1 aliphatic heterocycles. The van der Waals surface area contributed by atoms with Gasteiger partial charge in [-0.05, 0) is 61.7 Å². The summed E-state index contributed by atoms with van der Waals surface area (Å²) in [7, 11) is 0. The first-order chi connectivity index (χ1) is 13.2. The highest BCUT2D eigenvalue weighted by Gasteiger charge is 2.29. The summed E-state index contributed by atoms with van der Waals surface area (Å²) >= 11 is 0. The smallest absolute Gasteiger partial charge is 0.255 e. The van der Waals surface area contributed by atoms with Gasteiger partial charge in [0.1, 0.15) is 5.52 Å². The average molecular weight is 361 g/mol. The zero-order chi connectivity index (χ0) is 18.4. The molecule has 0 atom stereocenters. The molecule has 2 aliphatic rings. The Labute approximate surface area is 156 Å². The number of carbonyl (C=O) groups is 2. The Kier molecular flexibility index (Phi) is 3.70. The molecule has 5 rings (SSSR count). The Hall–Kier alpha value is -3.15. The Morgan fingerprint density at radius 1 is 1.15 bits per heavy atom. The molecular formula is C21H19N3O3. The minimum absolute atomic E-state index is 0.138. The Bertz CT molecular complexity index is 1030. The van der Waals surface area contributed by atoms with Crippen molar-refractivity contribution < 1.29 is 14.0 Å². The third-order valence-corrected chi connectivity index (χ3v) is 5.10. The van der Waals surface area contributed by atoms with Crippen LogP contribution >= 0.6 is 0 Å². The minimum atomic E-state index is -0.195. The second-order valence-electron chi connectivity index (χ2n) is 7.16. The van der Waals surface area contributed by atoms with E-state index in [4.69, 9.17) is 4.42 Å². The summed E-state index contributed by atoms with van der Waals surface area (Å²) in [5, 5.41) is 2.90. The lowest BCUT2D eigenvalue weighted by atomic mass is 10.1. The Morgan fingerprint density at radius 2 is 1.96 bits per heavy atom. The molecule has 0 unspecified atom stereocenters. The molecule has 2 amide bonds. The Morgan fingerprint density at radius 3 is 2.67 bits per heavy atom. The predicted octanol–water partition coefficient (Wildman–Crippen LogP) is 4.08. The van der Waals surface area contributed by atoms with Crippen molar-refractivity contribution in [2.24, 2.45) is 0 Å². The van der Waals surface area contributed by atoms with Crippen molar-refractivity contribution in [3.05, 3.63) is 53.9 Å². The van der Waals surface area contributed by atoms with Gasteiger partial charge in [-0.2, -0.15) is 0 Å². The topological polar surface area (TPSA) is 75.4 Å². The first-order valence-electron chi connectivity index (χ1n) is 9.30. The highest BCUT2D eigenvalue weighted by molar-refractivity contribution is 6.05. The summed E-state index contributed by atoms with van der Waals surface area (Å²) in [6, 6.07) is 12.6. The third-order valence-electron chi connectivity index (χ3n) is 5.10. The number of hydrogen-bond donors (Lipinski definition) is 1. The summed E-state index contributed by atoms with van der Waals surface area (Å²) in [5.41, 5.74) is 3.57. The Balaban J connectivity index is 1.32. The number of aromatic nitrogens is 1. The fraction of sp³-hybridized carbons (Fsp3) is 0.286. The molecule has 136 valence electrons. The molecule has 3 aromatic rings. The van der Waals surface area contributed by atoms with Gasteiger partial charge in [-0.3, -0.25) is 9.59 Å². The van der Waals surface area contributed by atoms with E-state index in [1.807, 2.05) is 30.3 Å². The van der Waals surface area contributed by atoms with E-state index in [1.165, 1.54) is 0 Å². The molecule has 27 heavy (non-hydrogen) atoms. The zero-order valence-electron chi connectivity index (χ0n) is 14.8. The van der Waals surface area contributed by atoms with Crippen molar-refractivity contribution in [3.8, 4) is 0 Å². The van der Waals surface area contributed by atoms with E-state index in [0.29, 0.717) is 23.6 Å². The van der Waals surface area contributed by atoms with Gasteiger partial charge >= 0.3 is 0 Å². The minimum Gasteiger partial charge on any atom is -0.440 e. The number of carbonyl (C=O) groups excluding carboxylic acids is 2. The van der Waals surface area contributed by atoms with Gasteiger partial charge in [0.05, 0.1) is 0 Å². The van der Waals surface area contributed by atoms with Gasteiger partial charge in [0.25, 0.3) is 5.91 Å². The molecule has 0 spiro atoms. The summed E-state index contributed by atoms with van der Waals surface area (Å²) in [5.74, 6) is 1.19. The maximum absolute atomic E-state index is 12.5. The zero-order valence-corrected chi connectivity index (χ0v) is 14.8. The normalized spacial score (nSPS) is 16.9. The highest BCUT2D eigenvalue weighted by atomic mass is 16.3. The first kappa shape index (κ1) is 16.1. The first-order valence-corrected chi connectivity index (χ1v) is 9.30. The second-order valence-corrected chi connectivity index (χ2v) is 7.16. The highest BCUT2D eigenvalue weighted by Crippen LogP contribution is 2.40. The molecule has 0 radical (unpaired) electrons. The lowest BCUT2D eigenvalue weighted by Gasteiger charge is -2.15. The van der Waals surface area contributed by atoms with Crippen LogP contribution in [0.3, 0.4) is 0 Å². The van der Waals surface area contributed by atoms with E-state index in [0.717, 1.165) is 48.5 Å². The van der Waals surface area contributed by atoms with Gasteiger partial charge in [-0.25, -0.2) is 4.98 Å². The van der Waals surface area contributed by atoms with Crippen LogP contribution in [0, 0.1) is 0 Å². The van der Waals surface area contributed by atoms with E-state index in [-0.39, 0.29) is 11.8 Å². The molecule has 2 heterocycles. The number of amides is 2.